The number of methoxy groups -OCH3 is 1. The number of esters is 1. The average molecular weight is 347 g/mol. The van der Waals surface area contributed by atoms with E-state index in [1.165, 1.54) is 11.8 Å². The average Bonchev–Trinajstić information content (AvgIpc) is 2.96. The van der Waals surface area contributed by atoms with Crippen LogP contribution in [0.4, 0.5) is 0 Å². The van der Waals surface area contributed by atoms with Crippen molar-refractivity contribution in [3.05, 3.63) is 48.3 Å². The number of nitrogens with zero attached hydrogens (tertiary/aromatic N) is 3. The summed E-state index contributed by atoms with van der Waals surface area (Å²) in [5.41, 5.74) is 1.11. The molecule has 0 atom stereocenters. The zero-order valence-electron chi connectivity index (χ0n) is 13.9. The van der Waals surface area contributed by atoms with Crippen molar-refractivity contribution < 1.29 is 14.3 Å². The molecule has 1 aromatic heterocycles. The van der Waals surface area contributed by atoms with Crippen molar-refractivity contribution >= 4 is 17.7 Å². The van der Waals surface area contributed by atoms with Crippen molar-refractivity contribution in [3.63, 3.8) is 0 Å². The molecule has 0 amide bonds. The molecular formula is C17H21N3O3S. The molecule has 0 spiro atoms. The lowest BCUT2D eigenvalue weighted by molar-refractivity contribution is -0.139. The summed E-state index contributed by atoms with van der Waals surface area (Å²) < 4.78 is 12.1. The van der Waals surface area contributed by atoms with E-state index in [1.807, 2.05) is 28.8 Å². The Kier molecular flexibility index (Phi) is 6.87. The topological polar surface area (TPSA) is 66.2 Å². The van der Waals surface area contributed by atoms with E-state index in [4.69, 9.17) is 9.47 Å². The van der Waals surface area contributed by atoms with Crippen molar-refractivity contribution in [3.8, 4) is 5.75 Å². The highest BCUT2D eigenvalue weighted by Crippen LogP contribution is 2.20. The number of carbonyl (C=O) groups is 1. The Morgan fingerprint density at radius 3 is 2.71 bits per heavy atom. The summed E-state index contributed by atoms with van der Waals surface area (Å²) in [4.78, 5) is 11.5. The molecule has 0 aliphatic rings. The fourth-order valence-corrected chi connectivity index (χ4v) is 2.89. The van der Waals surface area contributed by atoms with Crippen molar-refractivity contribution in [1.29, 1.82) is 0 Å². The third kappa shape index (κ3) is 4.86. The molecule has 0 bridgehead atoms. The minimum atomic E-state index is -0.257. The lowest BCUT2D eigenvalue weighted by atomic mass is 10.1. The molecule has 0 saturated heterocycles. The van der Waals surface area contributed by atoms with Crippen molar-refractivity contribution in [1.82, 2.24) is 14.8 Å². The molecule has 2 rings (SSSR count). The van der Waals surface area contributed by atoms with E-state index in [9.17, 15) is 4.79 Å². The van der Waals surface area contributed by atoms with E-state index in [2.05, 4.69) is 16.8 Å². The largest absolute Gasteiger partial charge is 0.497 e. The van der Waals surface area contributed by atoms with Gasteiger partial charge in [0.2, 0.25) is 0 Å². The van der Waals surface area contributed by atoms with Crippen LogP contribution in [0.2, 0.25) is 0 Å². The van der Waals surface area contributed by atoms with E-state index >= 15 is 0 Å². The minimum Gasteiger partial charge on any atom is -0.497 e. The summed E-state index contributed by atoms with van der Waals surface area (Å²) in [6, 6.07) is 7.83. The van der Waals surface area contributed by atoms with Gasteiger partial charge >= 0.3 is 5.97 Å². The lowest BCUT2D eigenvalue weighted by Crippen LogP contribution is -2.09. The van der Waals surface area contributed by atoms with Crippen LogP contribution in [0.3, 0.4) is 0 Å². The maximum Gasteiger partial charge on any atom is 0.316 e. The lowest BCUT2D eigenvalue weighted by Gasteiger charge is -2.08. The molecule has 0 saturated carbocycles. The van der Waals surface area contributed by atoms with Crippen LogP contribution in [0.25, 0.3) is 0 Å². The number of aromatic nitrogens is 3. The van der Waals surface area contributed by atoms with Crippen LogP contribution in [0.15, 0.2) is 42.1 Å². The monoisotopic (exact) mass is 347 g/mol. The predicted molar refractivity (Wildman–Crippen MR) is 93.4 cm³/mol. The van der Waals surface area contributed by atoms with Gasteiger partial charge in [-0.05, 0) is 24.6 Å². The van der Waals surface area contributed by atoms with E-state index in [0.29, 0.717) is 24.7 Å². The van der Waals surface area contributed by atoms with Crippen LogP contribution in [0, 0.1) is 0 Å². The zero-order chi connectivity index (χ0) is 17.4. The normalized spacial score (nSPS) is 10.4. The van der Waals surface area contributed by atoms with Crippen LogP contribution < -0.4 is 4.74 Å². The molecule has 7 heteroatoms. The molecule has 0 aliphatic heterocycles. The summed E-state index contributed by atoms with van der Waals surface area (Å²) in [7, 11) is 1.64. The molecule has 0 N–H and O–H groups in total. The van der Waals surface area contributed by atoms with E-state index in [-0.39, 0.29) is 11.7 Å². The fourth-order valence-electron chi connectivity index (χ4n) is 2.12. The highest BCUT2D eigenvalue weighted by atomic mass is 32.2. The van der Waals surface area contributed by atoms with Crippen molar-refractivity contribution in [2.45, 2.75) is 25.0 Å². The molecule has 0 unspecified atom stereocenters. The van der Waals surface area contributed by atoms with Gasteiger partial charge in [0, 0.05) is 13.0 Å². The van der Waals surface area contributed by atoms with Crippen molar-refractivity contribution in [2.75, 3.05) is 19.5 Å². The van der Waals surface area contributed by atoms with Gasteiger partial charge < -0.3 is 14.0 Å². The van der Waals surface area contributed by atoms with Crippen LogP contribution in [-0.2, 0) is 22.5 Å². The van der Waals surface area contributed by atoms with Gasteiger partial charge in [0.25, 0.3) is 0 Å². The summed E-state index contributed by atoms with van der Waals surface area (Å²) in [5, 5.41) is 9.14. The summed E-state index contributed by atoms with van der Waals surface area (Å²) in [6.45, 7) is 6.53. The van der Waals surface area contributed by atoms with Crippen LogP contribution in [-0.4, -0.2) is 40.2 Å². The number of hydrogen-bond donors (Lipinski definition) is 0. The van der Waals surface area contributed by atoms with Gasteiger partial charge in [-0.2, -0.15) is 0 Å². The summed E-state index contributed by atoms with van der Waals surface area (Å²) in [5.74, 6) is 1.60. The van der Waals surface area contributed by atoms with Crippen LogP contribution in [0.5, 0.6) is 5.75 Å². The Morgan fingerprint density at radius 2 is 2.08 bits per heavy atom. The van der Waals surface area contributed by atoms with E-state index in [1.54, 1.807) is 20.1 Å². The molecular weight excluding hydrogens is 326 g/mol. The molecule has 0 radical (unpaired) electrons. The smallest absolute Gasteiger partial charge is 0.316 e. The first-order valence-corrected chi connectivity index (χ1v) is 8.60. The van der Waals surface area contributed by atoms with Gasteiger partial charge in [-0.25, -0.2) is 0 Å². The number of carbonyl (C=O) groups excluding carboxylic acids is 1. The Labute approximate surface area is 145 Å². The fraction of sp³-hybridized carbons (Fsp3) is 0.353. The van der Waals surface area contributed by atoms with E-state index in [0.717, 1.165) is 17.1 Å². The van der Waals surface area contributed by atoms with Gasteiger partial charge in [-0.3, -0.25) is 4.79 Å². The molecule has 1 aromatic carbocycles. The number of benzene rings is 1. The van der Waals surface area contributed by atoms with Crippen molar-refractivity contribution in [2.24, 2.45) is 0 Å². The highest BCUT2D eigenvalue weighted by molar-refractivity contribution is 7.99. The molecule has 1 heterocycles. The standard InChI is InChI=1S/C17H21N3O3S/c1-4-10-20-15(11-13-6-8-14(22-3)9-7-13)18-19-17(20)24-12-16(21)23-5-2/h4,6-9H,1,5,10-12H2,2-3H3. The maximum absolute atomic E-state index is 11.5. The summed E-state index contributed by atoms with van der Waals surface area (Å²) in [6.07, 6.45) is 2.43. The Balaban J connectivity index is 2.11. The second kappa shape index (κ2) is 9.12. The van der Waals surface area contributed by atoms with Gasteiger partial charge in [-0.1, -0.05) is 30.0 Å². The third-order valence-electron chi connectivity index (χ3n) is 3.25. The number of allylic oxidation sites excluding steroid dienone is 1. The van der Waals surface area contributed by atoms with Gasteiger partial charge in [0.15, 0.2) is 5.16 Å². The number of hydrogen-bond acceptors (Lipinski definition) is 6. The summed E-state index contributed by atoms with van der Waals surface area (Å²) >= 11 is 1.32. The second-order valence-corrected chi connectivity index (χ2v) is 5.86. The number of rotatable bonds is 9. The predicted octanol–water partition coefficient (Wildman–Crippen LogP) is 2.72. The third-order valence-corrected chi connectivity index (χ3v) is 4.19. The van der Waals surface area contributed by atoms with Crippen LogP contribution in [0.1, 0.15) is 18.3 Å². The number of thioether (sulfide) groups is 1. The molecule has 24 heavy (non-hydrogen) atoms. The first-order chi connectivity index (χ1) is 11.7. The Bertz CT molecular complexity index is 683. The molecule has 2 aromatic rings. The quantitative estimate of drug-likeness (QED) is 0.395. The highest BCUT2D eigenvalue weighted by Gasteiger charge is 2.14. The Hall–Kier alpha value is -2.28. The maximum atomic E-state index is 11.5. The van der Waals surface area contributed by atoms with Gasteiger partial charge in [0.1, 0.15) is 11.6 Å². The SMILES string of the molecule is C=CCn1c(Cc2ccc(OC)cc2)nnc1SCC(=O)OCC. The van der Waals surface area contributed by atoms with Gasteiger partial charge in [-0.15, -0.1) is 16.8 Å². The zero-order valence-corrected chi connectivity index (χ0v) is 14.7. The minimum absolute atomic E-state index is 0.214. The molecule has 128 valence electrons. The van der Waals surface area contributed by atoms with Crippen LogP contribution >= 0.6 is 11.8 Å². The Morgan fingerprint density at radius 1 is 1.33 bits per heavy atom. The number of ether oxygens (including phenoxy) is 2. The first kappa shape index (κ1) is 18.1. The van der Waals surface area contributed by atoms with E-state index < -0.39 is 0 Å². The molecule has 0 aliphatic carbocycles. The van der Waals surface area contributed by atoms with Gasteiger partial charge in [0.05, 0.1) is 19.5 Å². The molecule has 6 nitrogen and oxygen atoms in total. The second-order valence-electron chi connectivity index (χ2n) is 4.92. The first-order valence-electron chi connectivity index (χ1n) is 7.62. The molecule has 0 fully saturated rings.